The van der Waals surface area contributed by atoms with Crippen LogP contribution in [0.25, 0.3) is 16.3 Å². The first-order chi connectivity index (χ1) is 13.1. The number of benzene rings is 2. The summed E-state index contributed by atoms with van der Waals surface area (Å²) in [6, 6.07) is 15.5. The molecule has 3 rings (SSSR count). The summed E-state index contributed by atoms with van der Waals surface area (Å²) in [4.78, 5) is 2.49. The van der Waals surface area contributed by atoms with Gasteiger partial charge in [0.05, 0.1) is 6.07 Å². The predicted octanol–water partition coefficient (Wildman–Crippen LogP) is 6.65. The van der Waals surface area contributed by atoms with Crippen molar-refractivity contribution in [3.8, 4) is 6.07 Å². The van der Waals surface area contributed by atoms with Crippen LogP contribution >= 0.6 is 0 Å². The number of piperidine rings is 1. The average Bonchev–Trinajstić information content (AvgIpc) is 2.73. The maximum absolute atomic E-state index is 9.41. The van der Waals surface area contributed by atoms with Gasteiger partial charge < -0.3 is 4.90 Å². The Kier molecular flexibility index (Phi) is 6.14. The summed E-state index contributed by atoms with van der Waals surface area (Å²) in [5.41, 5.74) is 5.14. The fraction of sp³-hybridized carbons (Fsp3) is 0.320. The number of allylic oxidation sites excluding steroid dienone is 5. The average molecular weight is 357 g/mol. The van der Waals surface area contributed by atoms with Crippen molar-refractivity contribution in [1.29, 1.82) is 5.26 Å². The Labute approximate surface area is 163 Å². The molecule has 0 aliphatic carbocycles. The molecule has 27 heavy (non-hydrogen) atoms. The van der Waals surface area contributed by atoms with E-state index in [-0.39, 0.29) is 0 Å². The third-order valence-corrected chi connectivity index (χ3v) is 5.37. The largest absolute Gasteiger partial charge is 0.372 e. The Hall–Kier alpha value is -2.79. The highest BCUT2D eigenvalue weighted by Gasteiger charge is 2.11. The first-order valence-electron chi connectivity index (χ1n) is 9.88. The van der Waals surface area contributed by atoms with Crippen molar-refractivity contribution in [2.24, 2.45) is 0 Å². The molecule has 138 valence electrons. The maximum atomic E-state index is 9.41. The van der Waals surface area contributed by atoms with Crippen molar-refractivity contribution >= 4 is 22.0 Å². The van der Waals surface area contributed by atoms with Gasteiger partial charge in [0.1, 0.15) is 0 Å². The van der Waals surface area contributed by atoms with Gasteiger partial charge in [-0.05, 0) is 72.7 Å². The summed E-state index contributed by atoms with van der Waals surface area (Å²) in [7, 11) is 0. The van der Waals surface area contributed by atoms with Crippen molar-refractivity contribution in [2.45, 2.75) is 39.5 Å². The SMILES string of the molecule is C=C(C=CC(=C(C)C#N)c1ccc2cc(N3CCCCC3)ccc2c1)CC. The Morgan fingerprint density at radius 3 is 2.48 bits per heavy atom. The maximum Gasteiger partial charge on any atom is 0.0950 e. The first kappa shape index (κ1) is 19.0. The second-order valence-corrected chi connectivity index (χ2v) is 7.29. The molecule has 0 atom stereocenters. The smallest absolute Gasteiger partial charge is 0.0950 e. The summed E-state index contributed by atoms with van der Waals surface area (Å²) in [6.45, 7) is 10.3. The Morgan fingerprint density at radius 2 is 1.78 bits per heavy atom. The van der Waals surface area contributed by atoms with Gasteiger partial charge in [0, 0.05) is 24.4 Å². The molecule has 1 aliphatic heterocycles. The van der Waals surface area contributed by atoms with E-state index in [1.807, 2.05) is 19.1 Å². The van der Waals surface area contributed by atoms with Gasteiger partial charge in [-0.3, -0.25) is 0 Å². The topological polar surface area (TPSA) is 27.0 Å². The summed E-state index contributed by atoms with van der Waals surface area (Å²) >= 11 is 0. The Balaban J connectivity index is 1.96. The van der Waals surface area contributed by atoms with Gasteiger partial charge in [0.25, 0.3) is 0 Å². The summed E-state index contributed by atoms with van der Waals surface area (Å²) in [5, 5.41) is 11.9. The zero-order chi connectivity index (χ0) is 19.2. The third-order valence-electron chi connectivity index (χ3n) is 5.37. The van der Waals surface area contributed by atoms with Crippen LogP contribution in [0.5, 0.6) is 0 Å². The van der Waals surface area contributed by atoms with E-state index < -0.39 is 0 Å². The zero-order valence-electron chi connectivity index (χ0n) is 16.5. The summed E-state index contributed by atoms with van der Waals surface area (Å²) < 4.78 is 0. The molecule has 0 unspecified atom stereocenters. The highest BCUT2D eigenvalue weighted by molar-refractivity contribution is 5.91. The van der Waals surface area contributed by atoms with Crippen molar-refractivity contribution in [2.75, 3.05) is 18.0 Å². The van der Waals surface area contributed by atoms with Crippen molar-refractivity contribution in [3.63, 3.8) is 0 Å². The molecule has 0 bridgehead atoms. The van der Waals surface area contributed by atoms with Crippen LogP contribution in [0.4, 0.5) is 5.69 Å². The molecule has 2 aromatic rings. The molecule has 1 aliphatic rings. The van der Waals surface area contributed by atoms with E-state index in [0.29, 0.717) is 0 Å². The molecule has 0 amide bonds. The minimum absolute atomic E-state index is 0.722. The lowest BCUT2D eigenvalue weighted by molar-refractivity contribution is 0.578. The summed E-state index contributed by atoms with van der Waals surface area (Å²) in [5.74, 6) is 0. The molecule has 0 N–H and O–H groups in total. The van der Waals surface area contributed by atoms with E-state index in [4.69, 9.17) is 0 Å². The fourth-order valence-electron chi connectivity index (χ4n) is 3.57. The van der Waals surface area contributed by atoms with Crippen LogP contribution in [0, 0.1) is 11.3 Å². The van der Waals surface area contributed by atoms with Gasteiger partial charge >= 0.3 is 0 Å². The highest BCUT2D eigenvalue weighted by Crippen LogP contribution is 2.29. The highest BCUT2D eigenvalue weighted by atomic mass is 15.1. The predicted molar refractivity (Wildman–Crippen MR) is 117 cm³/mol. The number of rotatable bonds is 5. The van der Waals surface area contributed by atoms with Gasteiger partial charge in [-0.15, -0.1) is 0 Å². The van der Waals surface area contributed by atoms with Crippen LogP contribution < -0.4 is 4.90 Å². The van der Waals surface area contributed by atoms with E-state index in [1.54, 1.807) is 0 Å². The van der Waals surface area contributed by atoms with Gasteiger partial charge in [0.2, 0.25) is 0 Å². The van der Waals surface area contributed by atoms with Crippen molar-refractivity contribution in [1.82, 2.24) is 0 Å². The molecule has 0 saturated carbocycles. The number of fused-ring (bicyclic) bond motifs is 1. The van der Waals surface area contributed by atoms with Crippen LogP contribution in [0.3, 0.4) is 0 Å². The number of hydrogen-bond acceptors (Lipinski definition) is 2. The van der Waals surface area contributed by atoms with Crippen molar-refractivity contribution in [3.05, 3.63) is 71.8 Å². The van der Waals surface area contributed by atoms with Crippen LogP contribution in [0.15, 0.2) is 66.3 Å². The van der Waals surface area contributed by atoms with E-state index in [9.17, 15) is 5.26 Å². The number of hydrogen-bond donors (Lipinski definition) is 0. The Bertz CT molecular complexity index is 934. The lowest BCUT2D eigenvalue weighted by Crippen LogP contribution is -2.29. The second kappa shape index (κ2) is 8.73. The molecule has 0 spiro atoms. The normalized spacial score (nSPS) is 15.7. The molecule has 2 nitrogen and oxygen atoms in total. The first-order valence-corrected chi connectivity index (χ1v) is 9.88. The number of nitriles is 1. The molecule has 1 heterocycles. The van der Waals surface area contributed by atoms with Gasteiger partial charge in [0.15, 0.2) is 0 Å². The monoisotopic (exact) mass is 356 g/mol. The fourth-order valence-corrected chi connectivity index (χ4v) is 3.57. The lowest BCUT2D eigenvalue weighted by Gasteiger charge is -2.29. The van der Waals surface area contributed by atoms with Gasteiger partial charge in [-0.1, -0.05) is 49.4 Å². The van der Waals surface area contributed by atoms with E-state index in [2.05, 4.69) is 60.9 Å². The van der Waals surface area contributed by atoms with E-state index >= 15 is 0 Å². The van der Waals surface area contributed by atoms with Gasteiger partial charge in [-0.25, -0.2) is 0 Å². The van der Waals surface area contributed by atoms with Crippen molar-refractivity contribution < 1.29 is 0 Å². The van der Waals surface area contributed by atoms with E-state index in [1.165, 1.54) is 35.7 Å². The molecular weight excluding hydrogens is 328 g/mol. The standard InChI is InChI=1S/C25H28N2/c1-4-19(2)8-13-25(20(3)18-26)23-10-9-22-17-24(12-11-21(22)16-23)27-14-6-5-7-15-27/h8-13,16-17H,2,4-7,14-15H2,1,3H3. The molecule has 0 aromatic heterocycles. The molecule has 1 fully saturated rings. The molecular formula is C25H28N2. The summed E-state index contributed by atoms with van der Waals surface area (Å²) in [6.07, 6.45) is 8.86. The van der Waals surface area contributed by atoms with Crippen LogP contribution in [-0.4, -0.2) is 13.1 Å². The van der Waals surface area contributed by atoms with Crippen LogP contribution in [0.2, 0.25) is 0 Å². The molecule has 2 aromatic carbocycles. The van der Waals surface area contributed by atoms with Crippen LogP contribution in [-0.2, 0) is 0 Å². The third kappa shape index (κ3) is 4.49. The molecule has 1 saturated heterocycles. The number of nitrogens with zero attached hydrogens (tertiary/aromatic N) is 2. The second-order valence-electron chi connectivity index (χ2n) is 7.29. The minimum atomic E-state index is 0.722. The molecule has 0 radical (unpaired) electrons. The minimum Gasteiger partial charge on any atom is -0.372 e. The number of anilines is 1. The van der Waals surface area contributed by atoms with Crippen LogP contribution in [0.1, 0.15) is 45.1 Å². The van der Waals surface area contributed by atoms with Gasteiger partial charge in [-0.2, -0.15) is 5.26 Å². The quantitative estimate of drug-likeness (QED) is 0.443. The lowest BCUT2D eigenvalue weighted by atomic mass is 9.96. The Morgan fingerprint density at radius 1 is 1.07 bits per heavy atom. The zero-order valence-corrected chi connectivity index (χ0v) is 16.5. The van der Waals surface area contributed by atoms with E-state index in [0.717, 1.165) is 41.8 Å². The molecule has 2 heteroatoms.